The molecule has 0 fully saturated rings. The molecule has 2 heterocycles. The maximum absolute atomic E-state index is 6.51. The van der Waals surface area contributed by atoms with Crippen LogP contribution < -0.4 is 4.74 Å². The zero-order valence-electron chi connectivity index (χ0n) is 13.3. The first kappa shape index (κ1) is 15.5. The molecule has 0 amide bonds. The van der Waals surface area contributed by atoms with Gasteiger partial charge >= 0.3 is 0 Å². The third-order valence-electron chi connectivity index (χ3n) is 4.90. The standard InChI is InChI=1S/C21H15Br2NO/c22-15-7-9-18-14(10-15)11-19-17-8-6-16(23)12-20(17)25-21(24(18)19)13-4-2-1-3-5-13/h1-4,6-13,21H,5H2/t13-,21?/m0/s1. The van der Waals surface area contributed by atoms with Gasteiger partial charge in [0.2, 0.25) is 0 Å². The van der Waals surface area contributed by atoms with Gasteiger partial charge in [-0.1, -0.05) is 56.2 Å². The summed E-state index contributed by atoms with van der Waals surface area (Å²) in [6.07, 6.45) is 9.64. The average molecular weight is 457 g/mol. The minimum absolute atomic E-state index is 0.0447. The lowest BCUT2D eigenvalue weighted by Crippen LogP contribution is -2.27. The van der Waals surface area contributed by atoms with Crippen LogP contribution in [0.5, 0.6) is 5.75 Å². The fourth-order valence-corrected chi connectivity index (χ4v) is 4.49. The van der Waals surface area contributed by atoms with Crippen molar-refractivity contribution in [2.24, 2.45) is 5.92 Å². The predicted octanol–water partition coefficient (Wildman–Crippen LogP) is 6.86. The van der Waals surface area contributed by atoms with Crippen LogP contribution in [0.4, 0.5) is 0 Å². The van der Waals surface area contributed by atoms with Gasteiger partial charge in [0.15, 0.2) is 6.23 Å². The van der Waals surface area contributed by atoms with Crippen molar-refractivity contribution in [2.75, 3.05) is 0 Å². The van der Waals surface area contributed by atoms with Crippen LogP contribution in [-0.2, 0) is 0 Å². The van der Waals surface area contributed by atoms with E-state index in [9.17, 15) is 0 Å². The zero-order valence-corrected chi connectivity index (χ0v) is 16.5. The van der Waals surface area contributed by atoms with Gasteiger partial charge in [-0.3, -0.25) is 0 Å². The van der Waals surface area contributed by atoms with Crippen molar-refractivity contribution >= 4 is 42.8 Å². The summed E-state index contributed by atoms with van der Waals surface area (Å²) >= 11 is 7.16. The second-order valence-electron chi connectivity index (χ2n) is 6.46. The second kappa shape index (κ2) is 5.89. The van der Waals surface area contributed by atoms with E-state index in [0.717, 1.165) is 26.7 Å². The summed E-state index contributed by atoms with van der Waals surface area (Å²) in [7, 11) is 0. The third kappa shape index (κ3) is 2.51. The number of nitrogens with zero attached hydrogens (tertiary/aromatic N) is 1. The Morgan fingerprint density at radius 1 is 0.960 bits per heavy atom. The molecule has 25 heavy (non-hydrogen) atoms. The number of halogens is 2. The molecule has 0 N–H and O–H groups in total. The highest BCUT2D eigenvalue weighted by atomic mass is 79.9. The van der Waals surface area contributed by atoms with Gasteiger partial charge in [-0.2, -0.15) is 0 Å². The van der Waals surface area contributed by atoms with Gasteiger partial charge in [-0.15, -0.1) is 0 Å². The lowest BCUT2D eigenvalue weighted by molar-refractivity contribution is 0.0883. The number of rotatable bonds is 1. The average Bonchev–Trinajstić information content (AvgIpc) is 3.00. The van der Waals surface area contributed by atoms with Crippen LogP contribution in [0.1, 0.15) is 12.6 Å². The molecule has 1 aromatic heterocycles. The Hall–Kier alpha value is -1.78. The van der Waals surface area contributed by atoms with Gasteiger partial charge in [-0.05, 0) is 48.9 Å². The van der Waals surface area contributed by atoms with E-state index in [1.54, 1.807) is 0 Å². The minimum atomic E-state index is -0.0447. The van der Waals surface area contributed by atoms with Crippen LogP contribution in [-0.4, -0.2) is 4.57 Å². The van der Waals surface area contributed by atoms with Crippen LogP contribution in [0.15, 0.2) is 75.7 Å². The molecule has 4 heteroatoms. The summed E-state index contributed by atoms with van der Waals surface area (Å²) in [4.78, 5) is 0. The highest BCUT2D eigenvalue weighted by molar-refractivity contribution is 9.10. The molecule has 0 saturated heterocycles. The van der Waals surface area contributed by atoms with Crippen molar-refractivity contribution in [3.05, 3.63) is 75.7 Å². The fourth-order valence-electron chi connectivity index (χ4n) is 3.77. The fraction of sp³-hybridized carbons (Fsp3) is 0.143. The van der Waals surface area contributed by atoms with E-state index >= 15 is 0 Å². The Labute approximate surface area is 163 Å². The third-order valence-corrected chi connectivity index (χ3v) is 5.89. The number of hydrogen-bond acceptors (Lipinski definition) is 1. The Kier molecular flexibility index (Phi) is 3.64. The molecule has 5 rings (SSSR count). The van der Waals surface area contributed by atoms with Crippen molar-refractivity contribution in [3.8, 4) is 17.0 Å². The minimum Gasteiger partial charge on any atom is -0.469 e. The van der Waals surface area contributed by atoms with Crippen molar-refractivity contribution < 1.29 is 4.74 Å². The summed E-state index contributed by atoms with van der Waals surface area (Å²) in [5.74, 6) is 1.26. The monoisotopic (exact) mass is 455 g/mol. The van der Waals surface area contributed by atoms with Crippen LogP contribution >= 0.6 is 31.9 Å². The normalized spacial score (nSPS) is 21.0. The summed E-state index contributed by atoms with van der Waals surface area (Å²) in [6, 6.07) is 15.0. The highest BCUT2D eigenvalue weighted by Gasteiger charge is 2.32. The first-order valence-corrected chi connectivity index (χ1v) is 9.90. The number of benzene rings is 2. The molecule has 0 bridgehead atoms. The van der Waals surface area contributed by atoms with E-state index in [1.807, 2.05) is 0 Å². The Balaban J connectivity index is 1.78. The van der Waals surface area contributed by atoms with Gasteiger partial charge in [0.1, 0.15) is 5.75 Å². The van der Waals surface area contributed by atoms with Crippen molar-refractivity contribution in [3.63, 3.8) is 0 Å². The largest absolute Gasteiger partial charge is 0.469 e. The topological polar surface area (TPSA) is 14.2 Å². The number of aromatic nitrogens is 1. The van der Waals surface area contributed by atoms with E-state index in [2.05, 4.69) is 103 Å². The first-order valence-electron chi connectivity index (χ1n) is 8.31. The molecule has 0 radical (unpaired) electrons. The van der Waals surface area contributed by atoms with Gasteiger partial charge in [0.25, 0.3) is 0 Å². The van der Waals surface area contributed by atoms with Crippen LogP contribution in [0, 0.1) is 5.92 Å². The molecule has 0 saturated carbocycles. The quantitative estimate of drug-likeness (QED) is 0.390. The smallest absolute Gasteiger partial charge is 0.183 e. The van der Waals surface area contributed by atoms with Gasteiger partial charge < -0.3 is 9.30 Å². The van der Waals surface area contributed by atoms with E-state index in [1.165, 1.54) is 16.6 Å². The van der Waals surface area contributed by atoms with Crippen molar-refractivity contribution in [2.45, 2.75) is 12.6 Å². The molecule has 2 nitrogen and oxygen atoms in total. The molecule has 3 aromatic rings. The van der Waals surface area contributed by atoms with Crippen LogP contribution in [0.25, 0.3) is 22.2 Å². The summed E-state index contributed by atoms with van der Waals surface area (Å²) in [6.45, 7) is 0. The molecule has 1 unspecified atom stereocenters. The predicted molar refractivity (Wildman–Crippen MR) is 109 cm³/mol. The Bertz CT molecular complexity index is 1050. The SMILES string of the molecule is Brc1ccc2c(c1)OC([C@H]1C=CC=CC1)n1c-2cc2cc(Br)ccc21. The molecule has 1 aliphatic carbocycles. The van der Waals surface area contributed by atoms with E-state index in [4.69, 9.17) is 4.74 Å². The van der Waals surface area contributed by atoms with Crippen molar-refractivity contribution in [1.82, 2.24) is 4.57 Å². The van der Waals surface area contributed by atoms with Crippen LogP contribution in [0.2, 0.25) is 0 Å². The Morgan fingerprint density at radius 2 is 1.80 bits per heavy atom. The lowest BCUT2D eigenvalue weighted by atomic mass is 9.97. The number of fused-ring (bicyclic) bond motifs is 5. The van der Waals surface area contributed by atoms with Gasteiger partial charge in [0.05, 0.1) is 11.2 Å². The van der Waals surface area contributed by atoms with Crippen LogP contribution in [0.3, 0.4) is 0 Å². The second-order valence-corrected chi connectivity index (χ2v) is 8.30. The number of ether oxygens (including phenoxy) is 1. The molecular weight excluding hydrogens is 442 g/mol. The molecule has 124 valence electrons. The Morgan fingerprint density at radius 3 is 2.64 bits per heavy atom. The molecule has 2 aromatic carbocycles. The van der Waals surface area contributed by atoms with Gasteiger partial charge in [-0.25, -0.2) is 0 Å². The summed E-state index contributed by atoms with van der Waals surface area (Å²) in [5, 5.41) is 1.23. The lowest BCUT2D eigenvalue weighted by Gasteiger charge is -2.34. The van der Waals surface area contributed by atoms with Crippen molar-refractivity contribution in [1.29, 1.82) is 0 Å². The maximum Gasteiger partial charge on any atom is 0.183 e. The maximum atomic E-state index is 6.51. The molecule has 0 spiro atoms. The zero-order chi connectivity index (χ0) is 17.0. The number of hydrogen-bond donors (Lipinski definition) is 0. The highest BCUT2D eigenvalue weighted by Crippen LogP contribution is 2.46. The molecule has 2 aliphatic rings. The summed E-state index contributed by atoms with van der Waals surface area (Å²) < 4.78 is 11.0. The molecule has 2 atom stereocenters. The summed E-state index contributed by atoms with van der Waals surface area (Å²) in [5.41, 5.74) is 3.57. The molecular formula is C21H15Br2NO. The van der Waals surface area contributed by atoms with E-state index in [-0.39, 0.29) is 6.23 Å². The molecule has 1 aliphatic heterocycles. The van der Waals surface area contributed by atoms with E-state index in [0.29, 0.717) is 5.92 Å². The van der Waals surface area contributed by atoms with Gasteiger partial charge in [0, 0.05) is 25.8 Å². The number of allylic oxidation sites excluding steroid dienone is 3. The first-order chi connectivity index (χ1) is 12.2. The van der Waals surface area contributed by atoms with E-state index < -0.39 is 0 Å².